The van der Waals surface area contributed by atoms with Crippen molar-refractivity contribution in [3.05, 3.63) is 58.4 Å². The van der Waals surface area contributed by atoms with Gasteiger partial charge >= 0.3 is 11.8 Å². The zero-order valence-electron chi connectivity index (χ0n) is 16.0. The highest BCUT2D eigenvalue weighted by Gasteiger charge is 2.33. The van der Waals surface area contributed by atoms with E-state index in [1.807, 2.05) is 0 Å². The molecular formula is C21H16F3NO6. The number of ether oxygens (including phenoxy) is 3. The third-order valence-electron chi connectivity index (χ3n) is 4.42. The van der Waals surface area contributed by atoms with E-state index in [4.69, 9.17) is 18.6 Å². The van der Waals surface area contributed by atoms with Crippen LogP contribution in [0.4, 0.5) is 18.9 Å². The summed E-state index contributed by atoms with van der Waals surface area (Å²) in [5.74, 6) is 0.674. The van der Waals surface area contributed by atoms with Crippen LogP contribution >= 0.6 is 0 Å². The fourth-order valence-corrected chi connectivity index (χ4v) is 3.05. The number of hydrogen-bond donors (Lipinski definition) is 1. The third kappa shape index (κ3) is 4.73. The van der Waals surface area contributed by atoms with Gasteiger partial charge in [-0.2, -0.15) is 13.2 Å². The molecule has 31 heavy (non-hydrogen) atoms. The van der Waals surface area contributed by atoms with Crippen molar-refractivity contribution in [1.82, 2.24) is 0 Å². The first-order valence-electron chi connectivity index (χ1n) is 9.27. The van der Waals surface area contributed by atoms with E-state index in [1.54, 1.807) is 18.2 Å². The summed E-state index contributed by atoms with van der Waals surface area (Å²) in [6, 6.07) is 8.87. The van der Waals surface area contributed by atoms with Crippen LogP contribution in [0.2, 0.25) is 0 Å². The Hall–Kier alpha value is -3.69. The maximum Gasteiger partial charge on any atom is 0.417 e. The second-order valence-corrected chi connectivity index (χ2v) is 6.68. The Morgan fingerprint density at radius 3 is 2.58 bits per heavy atom. The summed E-state index contributed by atoms with van der Waals surface area (Å²) in [5.41, 5.74) is -2.06. The van der Waals surface area contributed by atoms with Gasteiger partial charge in [-0.3, -0.25) is 4.79 Å². The summed E-state index contributed by atoms with van der Waals surface area (Å²) in [6.07, 6.45) is -3.96. The van der Waals surface area contributed by atoms with Crippen molar-refractivity contribution in [2.75, 3.05) is 25.1 Å². The van der Waals surface area contributed by atoms with E-state index in [0.717, 1.165) is 18.6 Å². The molecule has 0 spiro atoms. The number of alkyl halides is 3. The van der Waals surface area contributed by atoms with Crippen molar-refractivity contribution in [3.63, 3.8) is 0 Å². The fourth-order valence-electron chi connectivity index (χ4n) is 3.05. The molecule has 2 aromatic carbocycles. The zero-order chi connectivity index (χ0) is 22.0. The maximum absolute atomic E-state index is 13.1. The molecule has 3 aromatic rings. The molecule has 0 aliphatic carbocycles. The molecule has 0 saturated carbocycles. The first-order valence-corrected chi connectivity index (χ1v) is 9.27. The fraction of sp³-hybridized carbons (Fsp3) is 0.238. The average molecular weight is 435 g/mol. The van der Waals surface area contributed by atoms with Crippen molar-refractivity contribution in [2.24, 2.45) is 0 Å². The Morgan fingerprint density at radius 1 is 1.03 bits per heavy atom. The normalized spacial score (nSPS) is 13.5. The molecule has 0 bridgehead atoms. The van der Waals surface area contributed by atoms with Gasteiger partial charge in [-0.25, -0.2) is 4.79 Å². The van der Waals surface area contributed by atoms with Crippen molar-refractivity contribution >= 4 is 22.6 Å². The lowest BCUT2D eigenvalue weighted by Gasteiger charge is -2.12. The molecule has 0 unspecified atom stereocenters. The van der Waals surface area contributed by atoms with Crippen LogP contribution in [0.3, 0.4) is 0 Å². The Labute approximate surface area is 173 Å². The van der Waals surface area contributed by atoms with E-state index < -0.39 is 29.9 Å². The minimum atomic E-state index is -4.71. The van der Waals surface area contributed by atoms with E-state index in [-0.39, 0.29) is 16.7 Å². The number of fused-ring (bicyclic) bond motifs is 2. The van der Waals surface area contributed by atoms with Crippen molar-refractivity contribution in [1.29, 1.82) is 0 Å². The quantitative estimate of drug-likeness (QED) is 0.624. The lowest BCUT2D eigenvalue weighted by molar-refractivity contribution is -0.136. The van der Waals surface area contributed by atoms with Crippen molar-refractivity contribution in [3.8, 4) is 17.2 Å². The maximum atomic E-state index is 13.1. The molecule has 0 fully saturated rings. The molecule has 7 nitrogen and oxygen atoms in total. The zero-order valence-corrected chi connectivity index (χ0v) is 16.0. The minimum absolute atomic E-state index is 0.0730. The molecular weight excluding hydrogens is 419 g/mol. The first-order chi connectivity index (χ1) is 14.8. The van der Waals surface area contributed by atoms with Crippen molar-refractivity contribution < 1.29 is 36.6 Å². The van der Waals surface area contributed by atoms with Gasteiger partial charge in [0.25, 0.3) is 5.91 Å². The number of anilines is 1. The summed E-state index contributed by atoms with van der Waals surface area (Å²) >= 11 is 0. The average Bonchev–Trinajstić information content (AvgIpc) is 2.95. The van der Waals surface area contributed by atoms with Crippen LogP contribution in [-0.2, 0) is 11.0 Å². The summed E-state index contributed by atoms with van der Waals surface area (Å²) in [7, 11) is 0. The SMILES string of the molecule is O=C(COc1ccc2c(C(F)(F)F)cc(=O)oc2c1)Nc1ccc2c(c1)OCCCO2. The number of hydrogen-bond acceptors (Lipinski definition) is 6. The Balaban J connectivity index is 1.45. The summed E-state index contributed by atoms with van der Waals surface area (Å²) in [4.78, 5) is 23.7. The van der Waals surface area contributed by atoms with Crippen LogP contribution < -0.4 is 25.2 Å². The Morgan fingerprint density at radius 2 is 1.81 bits per heavy atom. The van der Waals surface area contributed by atoms with Crippen LogP contribution in [0.15, 0.2) is 51.7 Å². The lowest BCUT2D eigenvalue weighted by Crippen LogP contribution is -2.20. The number of rotatable bonds is 4. The van der Waals surface area contributed by atoms with Gasteiger partial charge in [0.05, 0.1) is 18.8 Å². The number of carbonyl (C=O) groups excluding carboxylic acids is 1. The molecule has 2 heterocycles. The predicted octanol–water partition coefficient (Wildman–Crippen LogP) is 3.99. The third-order valence-corrected chi connectivity index (χ3v) is 4.42. The number of amides is 1. The highest BCUT2D eigenvalue weighted by Crippen LogP contribution is 2.35. The summed E-state index contributed by atoms with van der Waals surface area (Å²) in [5, 5.41) is 2.35. The first kappa shape index (κ1) is 20.6. The number of nitrogens with one attached hydrogen (secondary N) is 1. The number of carbonyl (C=O) groups is 1. The van der Waals surface area contributed by atoms with Gasteiger partial charge in [0.2, 0.25) is 0 Å². The highest BCUT2D eigenvalue weighted by atomic mass is 19.4. The van der Waals surface area contributed by atoms with E-state index in [2.05, 4.69) is 5.32 Å². The van der Waals surface area contributed by atoms with E-state index in [1.165, 1.54) is 6.07 Å². The van der Waals surface area contributed by atoms with Crippen molar-refractivity contribution in [2.45, 2.75) is 12.6 Å². The Kier molecular flexibility index (Phi) is 5.45. The molecule has 1 aliphatic heterocycles. The number of benzene rings is 2. The number of halogens is 3. The molecule has 10 heteroatoms. The highest BCUT2D eigenvalue weighted by molar-refractivity contribution is 5.92. The van der Waals surface area contributed by atoms with Crippen LogP contribution in [0.5, 0.6) is 17.2 Å². The van der Waals surface area contributed by atoms with Crippen LogP contribution in [0.25, 0.3) is 11.0 Å². The van der Waals surface area contributed by atoms with Gasteiger partial charge in [-0.1, -0.05) is 0 Å². The lowest BCUT2D eigenvalue weighted by atomic mass is 10.1. The summed E-state index contributed by atoms with van der Waals surface area (Å²) < 4.78 is 60.6. The van der Waals surface area contributed by atoms with Gasteiger partial charge in [0, 0.05) is 35.7 Å². The molecule has 0 radical (unpaired) electrons. The molecule has 0 saturated heterocycles. The smallest absolute Gasteiger partial charge is 0.417 e. The Bertz CT molecular complexity index is 1190. The second kappa shape index (κ2) is 8.21. The van der Waals surface area contributed by atoms with Crippen LogP contribution in [0.1, 0.15) is 12.0 Å². The second-order valence-electron chi connectivity index (χ2n) is 6.68. The molecule has 1 amide bonds. The topological polar surface area (TPSA) is 87.0 Å². The van der Waals surface area contributed by atoms with Gasteiger partial charge in [0.15, 0.2) is 18.1 Å². The molecule has 0 atom stereocenters. The van der Waals surface area contributed by atoms with Gasteiger partial charge in [0.1, 0.15) is 11.3 Å². The molecule has 1 N–H and O–H groups in total. The van der Waals surface area contributed by atoms with Crippen LogP contribution in [-0.4, -0.2) is 25.7 Å². The van der Waals surface area contributed by atoms with E-state index in [9.17, 15) is 22.8 Å². The molecule has 1 aromatic heterocycles. The van der Waals surface area contributed by atoms with E-state index in [0.29, 0.717) is 36.5 Å². The monoisotopic (exact) mass is 435 g/mol. The molecule has 162 valence electrons. The minimum Gasteiger partial charge on any atom is -0.490 e. The molecule has 4 rings (SSSR count). The van der Waals surface area contributed by atoms with Gasteiger partial charge < -0.3 is 23.9 Å². The van der Waals surface area contributed by atoms with E-state index >= 15 is 0 Å². The largest absolute Gasteiger partial charge is 0.490 e. The van der Waals surface area contributed by atoms with Gasteiger partial charge in [-0.15, -0.1) is 0 Å². The summed E-state index contributed by atoms with van der Waals surface area (Å²) in [6.45, 7) is 0.633. The van der Waals surface area contributed by atoms with Crippen LogP contribution in [0, 0.1) is 0 Å². The molecule has 1 aliphatic rings. The standard InChI is InChI=1S/C21H16F3NO6/c22-21(23,24)15-10-20(27)31-17-9-13(3-4-14(15)17)30-11-19(26)25-12-2-5-16-18(8-12)29-7-1-6-28-16/h2-5,8-10H,1,6-7,11H2,(H,25,26). The predicted molar refractivity (Wildman–Crippen MR) is 104 cm³/mol. The van der Waals surface area contributed by atoms with Gasteiger partial charge in [-0.05, 0) is 24.3 Å².